The lowest BCUT2D eigenvalue weighted by atomic mass is 9.74. The normalized spacial score (nSPS) is 24.8. The summed E-state index contributed by atoms with van der Waals surface area (Å²) in [4.78, 5) is 10.5. The molecule has 0 spiro atoms. The van der Waals surface area contributed by atoms with Crippen molar-refractivity contribution in [1.82, 2.24) is 0 Å². The Hall–Kier alpha value is -1.91. The summed E-state index contributed by atoms with van der Waals surface area (Å²) in [5.74, 6) is -0.519. The Bertz CT molecular complexity index is 616. The summed E-state index contributed by atoms with van der Waals surface area (Å²) in [6.07, 6.45) is 6.36. The number of aliphatic carboxylic acids is 1. The summed E-state index contributed by atoms with van der Waals surface area (Å²) < 4.78 is 0. The molecule has 0 heterocycles. The van der Waals surface area contributed by atoms with Crippen molar-refractivity contribution in [2.24, 2.45) is 5.92 Å². The molecule has 0 unspecified atom stereocenters. The molecular formula is C18H22O4. The van der Waals surface area contributed by atoms with E-state index in [1.165, 1.54) is 6.08 Å². The first-order valence-electron chi connectivity index (χ1n) is 7.48. The lowest BCUT2D eigenvalue weighted by molar-refractivity contribution is -0.131. The van der Waals surface area contributed by atoms with Crippen LogP contribution in [0.2, 0.25) is 0 Å². The summed E-state index contributed by atoms with van der Waals surface area (Å²) in [5.41, 5.74) is 3.63. The number of aliphatic hydroxyl groups is 2. The average Bonchev–Trinajstić information content (AvgIpc) is 2.48. The number of rotatable bonds is 4. The molecule has 0 bridgehead atoms. The highest BCUT2D eigenvalue weighted by molar-refractivity contribution is 5.80. The van der Waals surface area contributed by atoms with Crippen molar-refractivity contribution >= 4 is 12.0 Å². The van der Waals surface area contributed by atoms with Crippen LogP contribution in [-0.4, -0.2) is 21.3 Å². The number of carboxylic acids is 1. The molecule has 0 aromatic heterocycles. The summed E-state index contributed by atoms with van der Waals surface area (Å²) >= 11 is 0. The second-order valence-electron chi connectivity index (χ2n) is 5.91. The Morgan fingerprint density at radius 3 is 2.68 bits per heavy atom. The van der Waals surface area contributed by atoms with Gasteiger partial charge in [-0.25, -0.2) is 4.79 Å². The number of carbonyl (C=O) groups is 1. The summed E-state index contributed by atoms with van der Waals surface area (Å²) in [6, 6.07) is 3.72. The Morgan fingerprint density at radius 2 is 2.05 bits per heavy atom. The molecule has 0 fully saturated rings. The van der Waals surface area contributed by atoms with Crippen molar-refractivity contribution in [1.29, 1.82) is 0 Å². The molecule has 22 heavy (non-hydrogen) atoms. The van der Waals surface area contributed by atoms with Crippen LogP contribution in [0, 0.1) is 5.92 Å². The monoisotopic (exact) mass is 302 g/mol. The minimum atomic E-state index is -1.00. The fourth-order valence-corrected chi connectivity index (χ4v) is 3.24. The van der Waals surface area contributed by atoms with Crippen LogP contribution in [0.1, 0.15) is 54.5 Å². The van der Waals surface area contributed by atoms with Crippen LogP contribution in [0.3, 0.4) is 0 Å². The Balaban J connectivity index is 2.49. The first kappa shape index (κ1) is 16.5. The molecule has 2 rings (SSSR count). The molecule has 4 heteroatoms. The van der Waals surface area contributed by atoms with Crippen molar-refractivity contribution < 1.29 is 20.1 Å². The molecule has 0 radical (unpaired) electrons. The van der Waals surface area contributed by atoms with Crippen LogP contribution in [0.4, 0.5) is 0 Å². The largest absolute Gasteiger partial charge is 0.478 e. The summed E-state index contributed by atoms with van der Waals surface area (Å²) in [6.45, 7) is 4.07. The topological polar surface area (TPSA) is 77.8 Å². The van der Waals surface area contributed by atoms with Crippen molar-refractivity contribution in [3.8, 4) is 0 Å². The van der Waals surface area contributed by atoms with Gasteiger partial charge < -0.3 is 15.3 Å². The Labute approximate surface area is 130 Å². The third-order valence-electron chi connectivity index (χ3n) is 4.27. The van der Waals surface area contributed by atoms with E-state index in [9.17, 15) is 15.0 Å². The van der Waals surface area contributed by atoms with Crippen LogP contribution in [-0.2, 0) is 11.4 Å². The van der Waals surface area contributed by atoms with E-state index in [0.29, 0.717) is 0 Å². The molecule has 3 N–H and O–H groups in total. The van der Waals surface area contributed by atoms with Gasteiger partial charge in [0.15, 0.2) is 0 Å². The van der Waals surface area contributed by atoms with Gasteiger partial charge in [-0.2, -0.15) is 0 Å². The van der Waals surface area contributed by atoms with Crippen molar-refractivity contribution in [3.63, 3.8) is 0 Å². The van der Waals surface area contributed by atoms with Gasteiger partial charge in [0.05, 0.1) is 12.7 Å². The van der Waals surface area contributed by atoms with Gasteiger partial charge in [-0.15, -0.1) is 0 Å². The predicted molar refractivity (Wildman–Crippen MR) is 85.3 cm³/mol. The molecule has 1 aromatic carbocycles. The summed E-state index contributed by atoms with van der Waals surface area (Å²) in [5, 5.41) is 28.6. The van der Waals surface area contributed by atoms with Crippen LogP contribution in [0.15, 0.2) is 30.4 Å². The summed E-state index contributed by atoms with van der Waals surface area (Å²) in [7, 11) is 0. The van der Waals surface area contributed by atoms with E-state index in [1.807, 2.05) is 25.1 Å². The van der Waals surface area contributed by atoms with E-state index in [0.717, 1.165) is 34.8 Å². The minimum Gasteiger partial charge on any atom is -0.478 e. The van der Waals surface area contributed by atoms with E-state index >= 15 is 0 Å². The molecule has 0 saturated carbocycles. The van der Waals surface area contributed by atoms with Gasteiger partial charge >= 0.3 is 5.97 Å². The number of aliphatic hydroxyl groups excluding tert-OH is 2. The number of allylic oxidation sites excluding steroid dienone is 2. The molecule has 118 valence electrons. The first-order chi connectivity index (χ1) is 10.5. The van der Waals surface area contributed by atoms with Gasteiger partial charge in [-0.3, -0.25) is 0 Å². The second-order valence-corrected chi connectivity index (χ2v) is 5.91. The predicted octanol–water partition coefficient (Wildman–Crippen LogP) is 3.01. The van der Waals surface area contributed by atoms with Gasteiger partial charge in [0.1, 0.15) is 0 Å². The molecule has 0 amide bonds. The number of benzene rings is 1. The number of hydrogen-bond donors (Lipinski definition) is 3. The highest BCUT2D eigenvalue weighted by Gasteiger charge is 2.31. The zero-order valence-electron chi connectivity index (χ0n) is 12.9. The zero-order valence-corrected chi connectivity index (χ0v) is 12.9. The highest BCUT2D eigenvalue weighted by atomic mass is 16.4. The molecule has 3 atom stereocenters. The maximum atomic E-state index is 10.5. The Morgan fingerprint density at radius 1 is 1.32 bits per heavy atom. The van der Waals surface area contributed by atoms with E-state index < -0.39 is 12.1 Å². The van der Waals surface area contributed by atoms with Gasteiger partial charge in [0.2, 0.25) is 0 Å². The van der Waals surface area contributed by atoms with Gasteiger partial charge in [-0.05, 0) is 40.5 Å². The van der Waals surface area contributed by atoms with Crippen LogP contribution in [0.25, 0.3) is 6.08 Å². The van der Waals surface area contributed by atoms with Crippen LogP contribution >= 0.6 is 0 Å². The number of fused-ring (bicyclic) bond motifs is 1. The van der Waals surface area contributed by atoms with Crippen molar-refractivity contribution in [2.75, 3.05) is 0 Å². The standard InChI is InChI=1S/C18H22O4/c1-11-9-12(2)18(22)15-8-7-13(10-19)14(17(11)15)5-3-4-6-16(20)21/h3-8,11-12,18-19,22H,9-10H2,1-2H3,(H,20,21)/b5-3+,6-4+/t11-,12+,18+/m1/s1. The SMILES string of the molecule is C[C@@H]1C[C@H](C)[C@H](O)c2ccc(CO)c(/C=C/C=C/C(=O)O)c21. The molecule has 4 nitrogen and oxygen atoms in total. The smallest absolute Gasteiger partial charge is 0.328 e. The molecule has 1 aromatic rings. The third-order valence-corrected chi connectivity index (χ3v) is 4.27. The van der Waals surface area contributed by atoms with E-state index in [4.69, 9.17) is 5.11 Å². The maximum absolute atomic E-state index is 10.5. The van der Waals surface area contributed by atoms with Crippen molar-refractivity contribution in [3.05, 3.63) is 52.6 Å². The number of hydrogen-bond acceptors (Lipinski definition) is 3. The van der Waals surface area contributed by atoms with Crippen molar-refractivity contribution in [2.45, 2.75) is 38.9 Å². The molecular weight excluding hydrogens is 280 g/mol. The molecule has 1 aliphatic carbocycles. The number of carboxylic acid groups (broad SMARTS) is 1. The molecule has 0 saturated heterocycles. The van der Waals surface area contributed by atoms with E-state index in [1.54, 1.807) is 6.08 Å². The lowest BCUT2D eigenvalue weighted by Crippen LogP contribution is -2.22. The second kappa shape index (κ2) is 6.90. The van der Waals surface area contributed by atoms with Crippen LogP contribution < -0.4 is 0 Å². The third kappa shape index (κ3) is 3.29. The maximum Gasteiger partial charge on any atom is 0.328 e. The van der Waals surface area contributed by atoms with E-state index in [-0.39, 0.29) is 18.4 Å². The molecule has 1 aliphatic rings. The average molecular weight is 302 g/mol. The van der Waals surface area contributed by atoms with Crippen LogP contribution in [0.5, 0.6) is 0 Å². The fraction of sp³-hybridized carbons (Fsp3) is 0.389. The lowest BCUT2D eigenvalue weighted by Gasteiger charge is -2.34. The quantitative estimate of drug-likeness (QED) is 0.590. The van der Waals surface area contributed by atoms with Gasteiger partial charge in [-0.1, -0.05) is 44.2 Å². The highest BCUT2D eigenvalue weighted by Crippen LogP contribution is 2.43. The molecule has 0 aliphatic heterocycles. The van der Waals surface area contributed by atoms with Gasteiger partial charge in [0, 0.05) is 6.08 Å². The van der Waals surface area contributed by atoms with Gasteiger partial charge in [0.25, 0.3) is 0 Å². The minimum absolute atomic E-state index is 0.0893. The first-order valence-corrected chi connectivity index (χ1v) is 7.48. The zero-order chi connectivity index (χ0) is 16.3. The van der Waals surface area contributed by atoms with E-state index in [2.05, 4.69) is 6.92 Å². The fourth-order valence-electron chi connectivity index (χ4n) is 3.24. The Kier molecular flexibility index (Phi) is 5.16.